The molecule has 49 heavy (non-hydrogen) atoms. The third kappa shape index (κ3) is 3.92. The summed E-state index contributed by atoms with van der Waals surface area (Å²) in [5.41, 5.74) is 7.59. The number of nitrogens with zero attached hydrogens (tertiary/aromatic N) is 2. The Morgan fingerprint density at radius 3 is 1.80 bits per heavy atom. The first kappa shape index (κ1) is 28.3. The minimum absolute atomic E-state index is 0.0874. The first-order valence-corrected chi connectivity index (χ1v) is 19.3. The molecule has 6 heteroatoms. The van der Waals surface area contributed by atoms with Crippen molar-refractivity contribution in [1.29, 1.82) is 0 Å². The lowest BCUT2D eigenvalue weighted by Crippen LogP contribution is -2.77. The minimum Gasteiger partial charge on any atom is -0.469 e. The van der Waals surface area contributed by atoms with Crippen molar-refractivity contribution in [2.24, 2.45) is 0 Å². The van der Waals surface area contributed by atoms with Crippen LogP contribution in [0.1, 0.15) is 0 Å². The molecule has 0 saturated carbocycles. The van der Waals surface area contributed by atoms with Crippen molar-refractivity contribution >= 4 is 86.4 Å². The second-order valence-corrected chi connectivity index (χ2v) is 17.5. The highest BCUT2D eigenvalue weighted by Gasteiger charge is 2.50. The highest BCUT2D eigenvalue weighted by molar-refractivity contribution is 8.00. The van der Waals surface area contributed by atoms with Crippen LogP contribution in [-0.4, -0.2) is 14.8 Å². The van der Waals surface area contributed by atoms with Gasteiger partial charge in [0, 0.05) is 26.9 Å². The fourth-order valence-electron chi connectivity index (χ4n) is 8.40. The molecule has 3 aliphatic rings. The van der Waals surface area contributed by atoms with E-state index in [9.17, 15) is 0 Å². The Hall–Kier alpha value is -5.74. The van der Waals surface area contributed by atoms with Crippen molar-refractivity contribution in [1.82, 2.24) is 0 Å². The monoisotopic (exact) mass is 658 g/mol. The first-order chi connectivity index (χ1) is 24.3. The van der Waals surface area contributed by atoms with Crippen LogP contribution in [0.25, 0.3) is 4.85 Å². The van der Waals surface area contributed by atoms with Crippen molar-refractivity contribution in [2.75, 3.05) is 4.90 Å². The molecule has 0 aliphatic carbocycles. The number of hydrogen-bond donors (Lipinski definition) is 0. The van der Waals surface area contributed by atoms with E-state index in [1.807, 2.05) is 18.2 Å². The standard InChI is InChI=1S/C43H27BN2OSSi/c1-45-32-27-28-38-42-43(32)47-36-23-11-8-19-31(36)44(42)41-35(22-14-24-37(41)48-38)46-33-20-9-12-25-39(33)49(29-15-4-2-5-16-29,30-17-6-3-7-18-30)40-26-13-10-21-34(40)46/h2-28H. The summed E-state index contributed by atoms with van der Waals surface area (Å²) in [4.78, 5) is 8.79. The number of anilines is 3. The Bertz CT molecular complexity index is 2410. The molecule has 228 valence electrons. The Morgan fingerprint density at radius 1 is 0.551 bits per heavy atom. The van der Waals surface area contributed by atoms with Crippen LogP contribution in [0.2, 0.25) is 0 Å². The van der Waals surface area contributed by atoms with E-state index in [1.54, 1.807) is 11.8 Å². The lowest BCUT2D eigenvalue weighted by atomic mass is 9.35. The fraction of sp³-hybridized carbons (Fsp3) is 0. The maximum atomic E-state index is 8.00. The van der Waals surface area contributed by atoms with Crippen LogP contribution in [-0.2, 0) is 0 Å². The highest BCUT2D eigenvalue weighted by atomic mass is 32.2. The van der Waals surface area contributed by atoms with Gasteiger partial charge in [0.2, 0.25) is 5.69 Å². The van der Waals surface area contributed by atoms with Gasteiger partial charge in [-0.05, 0) is 67.5 Å². The van der Waals surface area contributed by atoms with E-state index in [-0.39, 0.29) is 6.71 Å². The first-order valence-electron chi connectivity index (χ1n) is 16.5. The van der Waals surface area contributed by atoms with Gasteiger partial charge in [-0.3, -0.25) is 0 Å². The van der Waals surface area contributed by atoms with Crippen molar-refractivity contribution in [3.05, 3.63) is 175 Å². The SMILES string of the molecule is [C-]#[N+]c1ccc2c3c1Oc1ccccc1B3c1c(cccc1N1c3ccccc3[Si](c3ccccc3)(c3ccccc3)c3ccccc31)S2. The van der Waals surface area contributed by atoms with Crippen molar-refractivity contribution in [3.63, 3.8) is 0 Å². The second kappa shape index (κ2) is 10.9. The number of fused-ring (bicyclic) bond motifs is 6. The second-order valence-electron chi connectivity index (χ2n) is 12.7. The van der Waals surface area contributed by atoms with Gasteiger partial charge in [0.1, 0.15) is 11.5 Å². The third-order valence-corrected chi connectivity index (χ3v) is 16.3. The summed E-state index contributed by atoms with van der Waals surface area (Å²) >= 11 is 1.78. The Morgan fingerprint density at radius 2 is 1.12 bits per heavy atom. The third-order valence-electron chi connectivity index (χ3n) is 10.3. The average Bonchev–Trinajstić information content (AvgIpc) is 3.17. The molecule has 7 aromatic carbocycles. The predicted molar refractivity (Wildman–Crippen MR) is 206 cm³/mol. The summed E-state index contributed by atoms with van der Waals surface area (Å²) in [6.07, 6.45) is 0. The van der Waals surface area contributed by atoms with Gasteiger partial charge in [-0.25, -0.2) is 4.85 Å². The lowest BCUT2D eigenvalue weighted by molar-refractivity contribution is 0.489. The normalized spacial score (nSPS) is 14.3. The number of hydrogen-bond acceptors (Lipinski definition) is 3. The van der Waals surface area contributed by atoms with Crippen LogP contribution in [0.15, 0.2) is 174 Å². The molecule has 0 aromatic heterocycles. The molecule has 0 atom stereocenters. The number of rotatable bonds is 3. The molecule has 0 unspecified atom stereocenters. The predicted octanol–water partition coefficient (Wildman–Crippen LogP) is 6.48. The van der Waals surface area contributed by atoms with Crippen LogP contribution in [0, 0.1) is 6.57 Å². The van der Waals surface area contributed by atoms with Crippen molar-refractivity contribution < 1.29 is 4.74 Å². The molecule has 0 spiro atoms. The van der Waals surface area contributed by atoms with Crippen LogP contribution >= 0.6 is 11.8 Å². The molecule has 0 saturated heterocycles. The summed E-state index contributed by atoms with van der Waals surface area (Å²) in [6, 6.07) is 59.5. The number of benzene rings is 7. The van der Waals surface area contributed by atoms with E-state index in [0.717, 1.165) is 27.3 Å². The van der Waals surface area contributed by atoms with Gasteiger partial charge in [0.25, 0.3) is 6.71 Å². The Labute approximate surface area is 291 Å². The zero-order valence-corrected chi connectivity index (χ0v) is 28.2. The molecule has 7 aromatic rings. The zero-order chi connectivity index (χ0) is 32.5. The largest absolute Gasteiger partial charge is 0.469 e. The van der Waals surface area contributed by atoms with E-state index < -0.39 is 8.07 Å². The van der Waals surface area contributed by atoms with Crippen molar-refractivity contribution in [3.8, 4) is 11.5 Å². The molecule has 3 aliphatic heterocycles. The van der Waals surface area contributed by atoms with Gasteiger partial charge in [-0.2, -0.15) is 0 Å². The van der Waals surface area contributed by atoms with E-state index in [1.165, 1.54) is 42.5 Å². The van der Waals surface area contributed by atoms with Crippen LogP contribution in [0.5, 0.6) is 11.5 Å². The molecular weight excluding hydrogens is 631 g/mol. The highest BCUT2D eigenvalue weighted by Crippen LogP contribution is 2.45. The zero-order valence-electron chi connectivity index (χ0n) is 26.4. The molecule has 0 bridgehead atoms. The summed E-state index contributed by atoms with van der Waals surface area (Å²) < 4.78 is 6.55. The quantitative estimate of drug-likeness (QED) is 0.160. The van der Waals surface area contributed by atoms with Crippen LogP contribution in [0.4, 0.5) is 22.7 Å². The molecule has 10 rings (SSSR count). The summed E-state index contributed by atoms with van der Waals surface area (Å²) in [5, 5.41) is 5.48. The molecule has 3 nitrogen and oxygen atoms in total. The summed E-state index contributed by atoms with van der Waals surface area (Å²) in [7, 11) is -2.74. The van der Waals surface area contributed by atoms with Crippen molar-refractivity contribution in [2.45, 2.75) is 9.79 Å². The van der Waals surface area contributed by atoms with Gasteiger partial charge >= 0.3 is 0 Å². The molecule has 0 amide bonds. The average molecular weight is 659 g/mol. The number of para-hydroxylation sites is 3. The topological polar surface area (TPSA) is 16.8 Å². The maximum absolute atomic E-state index is 8.00. The molecule has 3 heterocycles. The van der Waals surface area contributed by atoms with Gasteiger partial charge in [-0.15, -0.1) is 0 Å². The van der Waals surface area contributed by atoms with Gasteiger partial charge in [0.05, 0.1) is 6.57 Å². The molecule has 0 N–H and O–H groups in total. The molecular formula is C43H27BN2OSSi. The van der Waals surface area contributed by atoms with E-state index in [0.29, 0.717) is 11.4 Å². The van der Waals surface area contributed by atoms with Crippen LogP contribution in [0.3, 0.4) is 0 Å². The Balaban J connectivity index is 1.29. The van der Waals surface area contributed by atoms with E-state index in [2.05, 4.69) is 155 Å². The summed E-state index contributed by atoms with van der Waals surface area (Å²) in [6.45, 7) is 7.91. The Kier molecular flexibility index (Phi) is 6.29. The van der Waals surface area contributed by atoms with Gasteiger partial charge in [0.15, 0.2) is 8.07 Å². The smallest absolute Gasteiger partial charge is 0.254 e. The fourth-order valence-corrected chi connectivity index (χ4v) is 14.7. The molecule has 0 radical (unpaired) electrons. The summed E-state index contributed by atoms with van der Waals surface area (Å²) in [5.74, 6) is 1.50. The lowest BCUT2D eigenvalue weighted by Gasteiger charge is -2.46. The maximum Gasteiger partial charge on any atom is 0.254 e. The van der Waals surface area contributed by atoms with Crippen LogP contribution < -0.4 is 46.8 Å². The van der Waals surface area contributed by atoms with E-state index in [4.69, 9.17) is 11.3 Å². The van der Waals surface area contributed by atoms with Gasteiger partial charge < -0.3 is 9.64 Å². The minimum atomic E-state index is -2.74. The number of ether oxygens (including phenoxy) is 1. The van der Waals surface area contributed by atoms with Gasteiger partial charge in [-0.1, -0.05) is 145 Å². The molecule has 0 fully saturated rings. The van der Waals surface area contributed by atoms with E-state index >= 15 is 0 Å².